The van der Waals surface area contributed by atoms with Gasteiger partial charge in [0.1, 0.15) is 5.82 Å². The van der Waals surface area contributed by atoms with Crippen molar-refractivity contribution >= 4 is 40.0 Å². The number of nitrogens with one attached hydrogen (secondary N) is 2. The van der Waals surface area contributed by atoms with Gasteiger partial charge in [-0.3, -0.25) is 4.79 Å². The predicted molar refractivity (Wildman–Crippen MR) is 115 cm³/mol. The van der Waals surface area contributed by atoms with Crippen LogP contribution in [0.1, 0.15) is 38.8 Å². The van der Waals surface area contributed by atoms with Crippen molar-refractivity contribution in [3.05, 3.63) is 48.2 Å². The lowest BCUT2D eigenvalue weighted by molar-refractivity contribution is -0.115. The van der Waals surface area contributed by atoms with Crippen molar-refractivity contribution in [3.8, 4) is 0 Å². The summed E-state index contributed by atoms with van der Waals surface area (Å²) in [6.45, 7) is 6.72. The molecule has 0 radical (unpaired) electrons. The number of carbonyl (C=O) groups is 1. The highest BCUT2D eigenvalue weighted by molar-refractivity contribution is 8.02. The molecule has 0 saturated heterocycles. The molecule has 2 heterocycles. The summed E-state index contributed by atoms with van der Waals surface area (Å²) in [7, 11) is 0. The molecule has 3 aromatic rings. The Kier molecular flexibility index (Phi) is 7.05. The first kappa shape index (κ1) is 20.3. The molecule has 2 N–H and O–H groups in total. The molecule has 0 aliphatic rings. The molecule has 9 heteroatoms. The maximum atomic E-state index is 12.6. The molecular weight excluding hydrogens is 392 g/mol. The van der Waals surface area contributed by atoms with E-state index >= 15 is 0 Å². The molecule has 7 nitrogen and oxygen atoms in total. The topological polar surface area (TPSA) is 84.7 Å². The number of carbonyl (C=O) groups excluding carboxylic acids is 1. The van der Waals surface area contributed by atoms with Crippen molar-refractivity contribution in [2.75, 3.05) is 10.6 Å². The first-order chi connectivity index (χ1) is 13.6. The quantitative estimate of drug-likeness (QED) is 0.502. The molecular formula is C19H24N6OS2. The number of thioether (sulfide) groups is 1. The Balaban J connectivity index is 1.53. The van der Waals surface area contributed by atoms with Gasteiger partial charge in [0.2, 0.25) is 11.0 Å². The van der Waals surface area contributed by atoms with E-state index in [1.807, 2.05) is 35.9 Å². The van der Waals surface area contributed by atoms with E-state index in [4.69, 9.17) is 0 Å². The zero-order valence-electron chi connectivity index (χ0n) is 16.1. The van der Waals surface area contributed by atoms with Crippen LogP contribution in [0.15, 0.2) is 46.9 Å². The summed E-state index contributed by atoms with van der Waals surface area (Å²) in [5.41, 5.74) is 1.18. The van der Waals surface area contributed by atoms with Crippen molar-refractivity contribution < 1.29 is 4.79 Å². The van der Waals surface area contributed by atoms with Gasteiger partial charge in [-0.15, -0.1) is 10.2 Å². The fourth-order valence-corrected chi connectivity index (χ4v) is 4.36. The van der Waals surface area contributed by atoms with E-state index in [1.165, 1.54) is 28.7 Å². The van der Waals surface area contributed by atoms with Crippen LogP contribution in [0.5, 0.6) is 0 Å². The average molecular weight is 417 g/mol. The molecule has 0 bridgehead atoms. The lowest BCUT2D eigenvalue weighted by Crippen LogP contribution is -2.24. The maximum Gasteiger partial charge on any atom is 0.238 e. The lowest BCUT2D eigenvalue weighted by Gasteiger charge is -2.15. The fourth-order valence-electron chi connectivity index (χ4n) is 2.47. The second-order valence-corrected chi connectivity index (χ2v) is 8.95. The number of hydrogen-bond acceptors (Lipinski definition) is 7. The molecule has 2 aromatic heterocycles. The van der Waals surface area contributed by atoms with E-state index in [0.29, 0.717) is 12.4 Å². The summed E-state index contributed by atoms with van der Waals surface area (Å²) in [5, 5.41) is 19.3. The van der Waals surface area contributed by atoms with Crippen LogP contribution < -0.4 is 10.6 Å². The highest BCUT2D eigenvalue weighted by Crippen LogP contribution is 2.30. The van der Waals surface area contributed by atoms with Crippen LogP contribution in [0, 0.1) is 0 Å². The van der Waals surface area contributed by atoms with Gasteiger partial charge in [-0.2, -0.15) is 5.10 Å². The minimum Gasteiger partial charge on any atom is -0.356 e. The van der Waals surface area contributed by atoms with Gasteiger partial charge in [-0.25, -0.2) is 4.68 Å². The third-order valence-corrected chi connectivity index (χ3v) is 6.33. The van der Waals surface area contributed by atoms with Crippen molar-refractivity contribution in [1.29, 1.82) is 0 Å². The number of rotatable bonds is 9. The minimum atomic E-state index is -0.296. The Morgan fingerprint density at radius 1 is 1.21 bits per heavy atom. The third-order valence-electron chi connectivity index (χ3n) is 4.27. The molecule has 1 amide bonds. The van der Waals surface area contributed by atoms with Gasteiger partial charge in [0.25, 0.3) is 0 Å². The maximum absolute atomic E-state index is 12.6. The first-order valence-electron chi connectivity index (χ1n) is 9.19. The molecule has 148 valence electrons. The highest BCUT2D eigenvalue weighted by atomic mass is 32.2. The summed E-state index contributed by atoms with van der Waals surface area (Å²) in [5.74, 6) is 0.637. The Labute approximate surface area is 173 Å². The molecule has 1 aromatic carbocycles. The Morgan fingerprint density at radius 2 is 2.00 bits per heavy atom. The zero-order chi connectivity index (χ0) is 19.9. The SMILES string of the molecule is CC[C@H](C)n1nccc1NC(=O)[C@@H](C)Sc1nnc(NCc2ccccc2)s1. The zero-order valence-corrected chi connectivity index (χ0v) is 17.8. The van der Waals surface area contributed by atoms with E-state index in [-0.39, 0.29) is 17.2 Å². The van der Waals surface area contributed by atoms with Gasteiger partial charge >= 0.3 is 0 Å². The van der Waals surface area contributed by atoms with Crippen LogP contribution in [0.25, 0.3) is 0 Å². The van der Waals surface area contributed by atoms with Crippen LogP contribution in [0.4, 0.5) is 10.9 Å². The van der Waals surface area contributed by atoms with Crippen molar-refractivity contribution in [2.24, 2.45) is 0 Å². The van der Waals surface area contributed by atoms with E-state index in [0.717, 1.165) is 15.9 Å². The van der Waals surface area contributed by atoms with Gasteiger partial charge in [0.05, 0.1) is 17.5 Å². The molecule has 28 heavy (non-hydrogen) atoms. The Bertz CT molecular complexity index is 895. The summed E-state index contributed by atoms with van der Waals surface area (Å²) in [4.78, 5) is 12.6. The van der Waals surface area contributed by atoms with Crippen molar-refractivity contribution in [2.45, 2.75) is 49.4 Å². The number of benzene rings is 1. The first-order valence-corrected chi connectivity index (χ1v) is 10.9. The van der Waals surface area contributed by atoms with Gasteiger partial charge < -0.3 is 10.6 Å². The molecule has 3 rings (SSSR count). The van der Waals surface area contributed by atoms with E-state index in [9.17, 15) is 4.79 Å². The fraction of sp³-hybridized carbons (Fsp3) is 0.368. The summed E-state index contributed by atoms with van der Waals surface area (Å²) in [6.07, 6.45) is 2.65. The summed E-state index contributed by atoms with van der Waals surface area (Å²) < 4.78 is 2.60. The van der Waals surface area contributed by atoms with Crippen molar-refractivity contribution in [1.82, 2.24) is 20.0 Å². The summed E-state index contributed by atoms with van der Waals surface area (Å²) >= 11 is 2.85. The summed E-state index contributed by atoms with van der Waals surface area (Å²) in [6, 6.07) is 12.2. The highest BCUT2D eigenvalue weighted by Gasteiger charge is 2.19. The van der Waals surface area contributed by atoms with Crippen molar-refractivity contribution in [3.63, 3.8) is 0 Å². The van der Waals surface area contributed by atoms with E-state index in [2.05, 4.69) is 51.9 Å². The minimum absolute atomic E-state index is 0.0796. The number of aromatic nitrogens is 4. The molecule has 0 saturated carbocycles. The number of anilines is 2. The standard InChI is InChI=1S/C19H24N6OS2/c1-4-13(2)25-16(10-11-21-25)22-17(26)14(3)27-19-24-23-18(28-19)20-12-15-8-6-5-7-9-15/h5-11,13-14H,4,12H2,1-3H3,(H,20,23)(H,22,26)/t13-,14+/m0/s1. The van der Waals surface area contributed by atoms with E-state index < -0.39 is 0 Å². The molecule has 2 atom stereocenters. The third kappa shape index (κ3) is 5.32. The van der Waals surface area contributed by atoms with Gasteiger partial charge in [-0.1, -0.05) is 60.4 Å². The van der Waals surface area contributed by atoms with Gasteiger partial charge in [-0.05, 0) is 25.8 Å². The predicted octanol–water partition coefficient (Wildman–Crippen LogP) is 4.44. The molecule has 0 spiro atoms. The molecule has 0 unspecified atom stereocenters. The number of hydrogen-bond donors (Lipinski definition) is 2. The second-order valence-electron chi connectivity index (χ2n) is 6.38. The molecule has 0 aliphatic heterocycles. The molecule has 0 fully saturated rings. The number of amides is 1. The largest absolute Gasteiger partial charge is 0.356 e. The van der Waals surface area contributed by atoms with Crippen LogP contribution >= 0.6 is 23.1 Å². The molecule has 0 aliphatic carbocycles. The Hall–Kier alpha value is -2.39. The Morgan fingerprint density at radius 3 is 2.75 bits per heavy atom. The number of nitrogens with zero attached hydrogens (tertiary/aromatic N) is 4. The van der Waals surface area contributed by atoms with E-state index in [1.54, 1.807) is 6.20 Å². The second kappa shape index (κ2) is 9.70. The normalized spacial score (nSPS) is 13.1. The smallest absolute Gasteiger partial charge is 0.238 e. The van der Waals surface area contributed by atoms with Gasteiger partial charge in [0.15, 0.2) is 4.34 Å². The lowest BCUT2D eigenvalue weighted by atomic mass is 10.2. The van der Waals surface area contributed by atoms with Crippen LogP contribution in [-0.4, -0.2) is 31.1 Å². The van der Waals surface area contributed by atoms with Gasteiger partial charge in [0, 0.05) is 12.6 Å². The average Bonchev–Trinajstić information content (AvgIpc) is 3.36. The monoisotopic (exact) mass is 416 g/mol. The van der Waals surface area contributed by atoms with Crippen LogP contribution in [-0.2, 0) is 11.3 Å². The van der Waals surface area contributed by atoms with Crippen LogP contribution in [0.3, 0.4) is 0 Å². The van der Waals surface area contributed by atoms with Crippen LogP contribution in [0.2, 0.25) is 0 Å².